The molecule has 0 spiro atoms. The fraction of sp³-hybridized carbons (Fsp3) is 0.500. The lowest BCUT2D eigenvalue weighted by Crippen LogP contribution is -2.16. The van der Waals surface area contributed by atoms with Gasteiger partial charge in [-0.05, 0) is 25.5 Å². The molecule has 1 rings (SSSR count). The first-order valence-corrected chi connectivity index (χ1v) is 4.94. The van der Waals surface area contributed by atoms with Gasteiger partial charge >= 0.3 is 6.18 Å². The lowest BCUT2D eigenvalue weighted by atomic mass is 10.2. The van der Waals surface area contributed by atoms with Crippen LogP contribution in [0.2, 0.25) is 0 Å². The highest BCUT2D eigenvalue weighted by Gasteiger charge is 2.31. The van der Waals surface area contributed by atoms with Crippen LogP contribution < -0.4 is 11.1 Å². The summed E-state index contributed by atoms with van der Waals surface area (Å²) in [5, 5.41) is 2.85. The molecule has 0 aliphatic carbocycles. The van der Waals surface area contributed by atoms with Crippen molar-refractivity contribution in [2.24, 2.45) is 0 Å². The second-order valence-electron chi connectivity index (χ2n) is 3.62. The number of nitrogen functional groups attached to an aromatic ring is 1. The number of hydrogen-bond acceptors (Lipinski definition) is 3. The van der Waals surface area contributed by atoms with Crippen molar-refractivity contribution in [1.29, 1.82) is 0 Å². The number of aromatic nitrogens is 1. The molecule has 1 unspecified atom stereocenters. The number of hydrogen-bond donors (Lipinski definition) is 2. The van der Waals surface area contributed by atoms with Crippen LogP contribution in [0.1, 0.15) is 25.8 Å². The van der Waals surface area contributed by atoms with Gasteiger partial charge in [0.25, 0.3) is 0 Å². The van der Waals surface area contributed by atoms with Crippen LogP contribution in [0.5, 0.6) is 0 Å². The molecule has 0 radical (unpaired) electrons. The summed E-state index contributed by atoms with van der Waals surface area (Å²) in [4.78, 5) is 3.80. The van der Waals surface area contributed by atoms with E-state index in [1.165, 1.54) is 0 Å². The second-order valence-corrected chi connectivity index (χ2v) is 3.62. The van der Waals surface area contributed by atoms with Gasteiger partial charge in [0.2, 0.25) is 0 Å². The molecule has 90 valence electrons. The zero-order chi connectivity index (χ0) is 12.3. The van der Waals surface area contributed by atoms with Gasteiger partial charge in [-0.2, -0.15) is 13.2 Å². The maximum atomic E-state index is 12.5. The lowest BCUT2D eigenvalue weighted by Gasteiger charge is -2.14. The molecule has 1 aromatic rings. The molecule has 16 heavy (non-hydrogen) atoms. The highest BCUT2D eigenvalue weighted by atomic mass is 19.4. The summed E-state index contributed by atoms with van der Waals surface area (Å²) in [6.45, 7) is 3.78. The van der Waals surface area contributed by atoms with Gasteiger partial charge in [0.05, 0.1) is 5.56 Å². The Bertz CT molecular complexity index is 363. The van der Waals surface area contributed by atoms with E-state index < -0.39 is 11.7 Å². The third-order valence-electron chi connectivity index (χ3n) is 2.18. The topological polar surface area (TPSA) is 50.9 Å². The average molecular weight is 233 g/mol. The Morgan fingerprint density at radius 3 is 2.56 bits per heavy atom. The minimum absolute atomic E-state index is 0.0513. The van der Waals surface area contributed by atoms with Crippen LogP contribution in [0.15, 0.2) is 12.1 Å². The van der Waals surface area contributed by atoms with Gasteiger partial charge in [-0.15, -0.1) is 0 Å². The minimum atomic E-state index is -4.40. The van der Waals surface area contributed by atoms with E-state index in [1.54, 1.807) is 0 Å². The number of rotatable bonds is 3. The van der Waals surface area contributed by atoms with Crippen LogP contribution in [0, 0.1) is 0 Å². The van der Waals surface area contributed by atoms with Crippen LogP contribution in [-0.4, -0.2) is 11.0 Å². The zero-order valence-electron chi connectivity index (χ0n) is 9.10. The molecule has 0 saturated heterocycles. The van der Waals surface area contributed by atoms with Gasteiger partial charge < -0.3 is 11.1 Å². The maximum absolute atomic E-state index is 12.5. The quantitative estimate of drug-likeness (QED) is 0.844. The first kappa shape index (κ1) is 12.6. The van der Waals surface area contributed by atoms with Crippen molar-refractivity contribution < 1.29 is 13.2 Å². The molecule has 3 N–H and O–H groups in total. The first-order valence-electron chi connectivity index (χ1n) is 4.94. The van der Waals surface area contributed by atoms with Gasteiger partial charge in [0.1, 0.15) is 11.6 Å². The second kappa shape index (κ2) is 4.59. The van der Waals surface area contributed by atoms with Crippen LogP contribution in [0.4, 0.5) is 24.8 Å². The van der Waals surface area contributed by atoms with Crippen molar-refractivity contribution >= 4 is 11.6 Å². The molecule has 0 amide bonds. The maximum Gasteiger partial charge on any atom is 0.416 e. The number of anilines is 2. The Balaban J connectivity index is 2.99. The van der Waals surface area contributed by atoms with Crippen molar-refractivity contribution in [2.75, 3.05) is 11.1 Å². The average Bonchev–Trinajstić information content (AvgIpc) is 2.15. The molecule has 1 aromatic heterocycles. The predicted molar refractivity (Wildman–Crippen MR) is 57.0 cm³/mol. The van der Waals surface area contributed by atoms with Crippen molar-refractivity contribution in [3.05, 3.63) is 17.7 Å². The van der Waals surface area contributed by atoms with E-state index in [4.69, 9.17) is 5.73 Å². The summed E-state index contributed by atoms with van der Waals surface area (Å²) in [5.74, 6) is 0.0160. The number of alkyl halides is 3. The fourth-order valence-corrected chi connectivity index (χ4v) is 1.14. The van der Waals surface area contributed by atoms with E-state index >= 15 is 0 Å². The Hall–Kier alpha value is -1.46. The number of nitrogens with one attached hydrogen (secondary N) is 1. The normalized spacial score (nSPS) is 13.6. The molecule has 0 aromatic carbocycles. The van der Waals surface area contributed by atoms with Gasteiger partial charge in [0, 0.05) is 6.04 Å². The van der Waals surface area contributed by atoms with E-state index in [1.807, 2.05) is 13.8 Å². The third-order valence-corrected chi connectivity index (χ3v) is 2.18. The van der Waals surface area contributed by atoms with Gasteiger partial charge in [-0.1, -0.05) is 6.92 Å². The van der Waals surface area contributed by atoms with Gasteiger partial charge in [-0.3, -0.25) is 0 Å². The van der Waals surface area contributed by atoms with Gasteiger partial charge in [-0.25, -0.2) is 4.98 Å². The molecule has 6 heteroatoms. The summed E-state index contributed by atoms with van der Waals surface area (Å²) in [7, 11) is 0. The molecule has 0 fully saturated rings. The first-order chi connectivity index (χ1) is 7.32. The summed E-state index contributed by atoms with van der Waals surface area (Å²) >= 11 is 0. The molecule has 0 saturated carbocycles. The standard InChI is InChI=1S/C10H14F3N3/c1-3-6(2)15-9-5-7(10(11,12)13)4-8(14)16-9/h4-6H,3H2,1-2H3,(H3,14,15,16). The van der Waals surface area contributed by atoms with E-state index in [9.17, 15) is 13.2 Å². The van der Waals surface area contributed by atoms with Crippen LogP contribution in [-0.2, 0) is 6.18 Å². The largest absolute Gasteiger partial charge is 0.416 e. The molecule has 1 atom stereocenters. The SMILES string of the molecule is CCC(C)Nc1cc(C(F)(F)F)cc(N)n1. The van der Waals surface area contributed by atoms with Crippen molar-refractivity contribution in [1.82, 2.24) is 4.98 Å². The van der Waals surface area contributed by atoms with E-state index in [-0.39, 0.29) is 17.7 Å². The lowest BCUT2D eigenvalue weighted by molar-refractivity contribution is -0.137. The van der Waals surface area contributed by atoms with Crippen LogP contribution in [0.3, 0.4) is 0 Å². The van der Waals surface area contributed by atoms with Crippen LogP contribution in [0.25, 0.3) is 0 Å². The molecular weight excluding hydrogens is 219 g/mol. The van der Waals surface area contributed by atoms with Crippen LogP contribution >= 0.6 is 0 Å². The highest BCUT2D eigenvalue weighted by Crippen LogP contribution is 2.31. The molecule has 0 aliphatic heterocycles. The summed E-state index contributed by atoms with van der Waals surface area (Å²) < 4.78 is 37.4. The Morgan fingerprint density at radius 1 is 1.44 bits per heavy atom. The zero-order valence-corrected chi connectivity index (χ0v) is 9.10. The minimum Gasteiger partial charge on any atom is -0.384 e. The molecule has 3 nitrogen and oxygen atoms in total. The molecule has 0 bridgehead atoms. The number of halogens is 3. The van der Waals surface area contributed by atoms with E-state index in [2.05, 4.69) is 10.3 Å². The smallest absolute Gasteiger partial charge is 0.384 e. The predicted octanol–water partition coefficient (Wildman–Crippen LogP) is 2.89. The third kappa shape index (κ3) is 3.29. The summed E-state index contributed by atoms with van der Waals surface area (Å²) in [5.41, 5.74) is 4.54. The van der Waals surface area contributed by atoms with E-state index in [0.29, 0.717) is 0 Å². The monoisotopic (exact) mass is 233 g/mol. The summed E-state index contributed by atoms with van der Waals surface area (Å²) in [6, 6.07) is 1.83. The highest BCUT2D eigenvalue weighted by molar-refractivity contribution is 5.47. The molecular formula is C10H14F3N3. The van der Waals surface area contributed by atoms with Crippen molar-refractivity contribution in [3.63, 3.8) is 0 Å². The molecule has 0 aliphatic rings. The van der Waals surface area contributed by atoms with E-state index in [0.717, 1.165) is 18.6 Å². The Morgan fingerprint density at radius 2 is 2.06 bits per heavy atom. The molecule has 1 heterocycles. The van der Waals surface area contributed by atoms with Crippen molar-refractivity contribution in [3.8, 4) is 0 Å². The number of pyridine rings is 1. The fourth-order valence-electron chi connectivity index (χ4n) is 1.14. The van der Waals surface area contributed by atoms with Crippen molar-refractivity contribution in [2.45, 2.75) is 32.5 Å². The Labute approximate surface area is 91.9 Å². The number of nitrogens with two attached hydrogens (primary N) is 1. The van der Waals surface area contributed by atoms with Gasteiger partial charge in [0.15, 0.2) is 0 Å². The summed E-state index contributed by atoms with van der Waals surface area (Å²) in [6.07, 6.45) is -3.61. The number of nitrogens with zero attached hydrogens (tertiary/aromatic N) is 1. The Kier molecular flexibility index (Phi) is 3.62.